The maximum absolute atomic E-state index is 5.59. The van der Waals surface area contributed by atoms with Gasteiger partial charge in [0.2, 0.25) is 0 Å². The first-order valence-corrected chi connectivity index (χ1v) is 6.58. The van der Waals surface area contributed by atoms with E-state index >= 15 is 0 Å². The van der Waals surface area contributed by atoms with E-state index in [1.807, 2.05) is 50.5 Å². The number of benzene rings is 1. The molecule has 0 fully saturated rings. The van der Waals surface area contributed by atoms with Crippen LogP contribution >= 0.6 is 0 Å². The summed E-state index contributed by atoms with van der Waals surface area (Å²) in [5, 5.41) is 4.16. The first kappa shape index (κ1) is 13.3. The normalized spacial score (nSPS) is 10.6. The molecule has 2 aromatic heterocycles. The Labute approximate surface area is 122 Å². The molecule has 1 aromatic carbocycles. The third-order valence-corrected chi connectivity index (χ3v) is 3.29. The van der Waals surface area contributed by atoms with E-state index in [-0.39, 0.29) is 0 Å². The molecule has 21 heavy (non-hydrogen) atoms. The van der Waals surface area contributed by atoms with E-state index in [0.717, 1.165) is 22.4 Å². The van der Waals surface area contributed by atoms with Gasteiger partial charge in [-0.15, -0.1) is 0 Å². The molecule has 2 heterocycles. The van der Waals surface area contributed by atoms with Crippen LogP contribution in [0.2, 0.25) is 0 Å². The lowest BCUT2D eigenvalue weighted by Gasteiger charge is -2.11. The van der Waals surface area contributed by atoms with E-state index in [1.54, 1.807) is 10.9 Å². The lowest BCUT2D eigenvalue weighted by atomic mass is 10.1. The quantitative estimate of drug-likeness (QED) is 0.567. The van der Waals surface area contributed by atoms with Crippen LogP contribution in [0.25, 0.3) is 22.6 Å². The molecule has 3 N–H and O–H groups in total. The molecule has 0 aliphatic carbocycles. The fraction of sp³-hybridized carbons (Fsp3) is 0.133. The summed E-state index contributed by atoms with van der Waals surface area (Å²) < 4.78 is 1.72. The molecule has 0 bridgehead atoms. The van der Waals surface area contributed by atoms with Gasteiger partial charge in [-0.25, -0.2) is 15.8 Å². The van der Waals surface area contributed by atoms with Crippen LogP contribution in [0.15, 0.2) is 42.7 Å². The number of nitrogens with zero attached hydrogens (tertiary/aromatic N) is 4. The second-order valence-electron chi connectivity index (χ2n) is 4.78. The van der Waals surface area contributed by atoms with Crippen LogP contribution in [0, 0.1) is 6.92 Å². The number of nitrogens with two attached hydrogens (primary N) is 1. The fourth-order valence-electron chi connectivity index (χ4n) is 2.20. The van der Waals surface area contributed by atoms with Gasteiger partial charge in [0.1, 0.15) is 5.82 Å². The number of nitrogen functional groups attached to an aromatic ring is 1. The lowest BCUT2D eigenvalue weighted by Crippen LogP contribution is -2.12. The smallest absolute Gasteiger partial charge is 0.165 e. The van der Waals surface area contributed by atoms with Crippen LogP contribution in [0.3, 0.4) is 0 Å². The number of aryl methyl sites for hydroxylation is 1. The predicted octanol–water partition coefficient (Wildman–Crippen LogP) is 2.14. The first-order valence-electron chi connectivity index (χ1n) is 6.58. The molecule has 106 valence electrons. The minimum absolute atomic E-state index is 0.598. The van der Waals surface area contributed by atoms with Gasteiger partial charge >= 0.3 is 0 Å². The molecule has 0 saturated heterocycles. The number of nitrogens with one attached hydrogen (secondary N) is 1. The summed E-state index contributed by atoms with van der Waals surface area (Å²) in [5.74, 6) is 6.80. The van der Waals surface area contributed by atoms with E-state index < -0.39 is 0 Å². The second-order valence-corrected chi connectivity index (χ2v) is 4.78. The molecule has 0 radical (unpaired) electrons. The molecule has 0 unspecified atom stereocenters. The van der Waals surface area contributed by atoms with Gasteiger partial charge < -0.3 is 5.43 Å². The molecule has 3 aromatic rings. The lowest BCUT2D eigenvalue weighted by molar-refractivity contribution is 0.768. The molecule has 0 atom stereocenters. The molecular weight excluding hydrogens is 264 g/mol. The molecule has 6 heteroatoms. The maximum atomic E-state index is 5.59. The summed E-state index contributed by atoms with van der Waals surface area (Å²) in [6.45, 7) is 1.95. The number of anilines is 1. The molecule has 3 rings (SSSR count). The van der Waals surface area contributed by atoms with Crippen molar-refractivity contribution in [2.45, 2.75) is 6.92 Å². The molecule has 0 amide bonds. The largest absolute Gasteiger partial charge is 0.308 e. The predicted molar refractivity (Wildman–Crippen MR) is 82.2 cm³/mol. The average molecular weight is 280 g/mol. The van der Waals surface area contributed by atoms with E-state index in [9.17, 15) is 0 Å². The Morgan fingerprint density at radius 1 is 1.10 bits per heavy atom. The van der Waals surface area contributed by atoms with Gasteiger partial charge in [-0.05, 0) is 6.92 Å². The van der Waals surface area contributed by atoms with Gasteiger partial charge in [-0.2, -0.15) is 5.10 Å². The number of rotatable bonds is 3. The average Bonchev–Trinajstić information content (AvgIpc) is 2.95. The highest BCUT2D eigenvalue weighted by Gasteiger charge is 2.14. The summed E-state index contributed by atoms with van der Waals surface area (Å²) in [6, 6.07) is 9.97. The summed E-state index contributed by atoms with van der Waals surface area (Å²) >= 11 is 0. The first-order chi connectivity index (χ1) is 10.2. The van der Waals surface area contributed by atoms with E-state index in [4.69, 9.17) is 5.84 Å². The molecule has 0 aliphatic heterocycles. The van der Waals surface area contributed by atoms with E-state index in [1.165, 1.54) is 0 Å². The van der Waals surface area contributed by atoms with Crippen LogP contribution in [0.4, 0.5) is 5.82 Å². The monoisotopic (exact) mass is 280 g/mol. The van der Waals surface area contributed by atoms with Gasteiger partial charge in [-0.1, -0.05) is 30.3 Å². The van der Waals surface area contributed by atoms with Gasteiger partial charge in [0.25, 0.3) is 0 Å². The third kappa shape index (κ3) is 2.48. The zero-order valence-electron chi connectivity index (χ0n) is 11.9. The number of hydrogen-bond donors (Lipinski definition) is 2. The van der Waals surface area contributed by atoms with Crippen molar-refractivity contribution in [3.05, 3.63) is 48.3 Å². The zero-order valence-corrected chi connectivity index (χ0v) is 11.9. The highest BCUT2D eigenvalue weighted by atomic mass is 15.3. The highest BCUT2D eigenvalue weighted by Crippen LogP contribution is 2.28. The van der Waals surface area contributed by atoms with Gasteiger partial charge in [0, 0.05) is 24.4 Å². The number of hydrogen-bond acceptors (Lipinski definition) is 5. The van der Waals surface area contributed by atoms with Crippen LogP contribution in [-0.2, 0) is 7.05 Å². The van der Waals surface area contributed by atoms with E-state index in [2.05, 4.69) is 20.5 Å². The Bertz CT molecular complexity index is 763. The second kappa shape index (κ2) is 5.34. The van der Waals surface area contributed by atoms with Crippen LogP contribution < -0.4 is 11.3 Å². The van der Waals surface area contributed by atoms with Crippen LogP contribution in [0.5, 0.6) is 0 Å². The Morgan fingerprint density at radius 2 is 1.86 bits per heavy atom. The van der Waals surface area contributed by atoms with Crippen molar-refractivity contribution in [1.29, 1.82) is 0 Å². The van der Waals surface area contributed by atoms with Crippen molar-refractivity contribution >= 4 is 5.82 Å². The van der Waals surface area contributed by atoms with Crippen molar-refractivity contribution in [2.24, 2.45) is 12.9 Å². The van der Waals surface area contributed by atoms with Gasteiger partial charge in [0.05, 0.1) is 17.5 Å². The standard InChI is InChI=1S/C15H16N6/c1-10-13(11-6-4-3-5-7-11)18-15(19-14(10)20-16)12-8-17-21(2)9-12/h3-9H,16H2,1-2H3,(H,18,19,20). The van der Waals surface area contributed by atoms with Crippen molar-refractivity contribution in [1.82, 2.24) is 19.7 Å². The highest BCUT2D eigenvalue weighted by molar-refractivity contribution is 5.71. The van der Waals surface area contributed by atoms with Gasteiger partial charge in [-0.3, -0.25) is 4.68 Å². The summed E-state index contributed by atoms with van der Waals surface area (Å²) in [4.78, 5) is 9.13. The maximum Gasteiger partial charge on any atom is 0.165 e. The topological polar surface area (TPSA) is 81.6 Å². The van der Waals surface area contributed by atoms with Gasteiger partial charge in [0.15, 0.2) is 5.82 Å². The minimum atomic E-state index is 0.598. The SMILES string of the molecule is Cc1c(NN)nc(-c2cnn(C)c2)nc1-c1ccccc1. The Kier molecular flexibility index (Phi) is 3.37. The van der Waals surface area contributed by atoms with Crippen LogP contribution in [0.1, 0.15) is 5.56 Å². The number of hydrazine groups is 1. The molecule has 0 saturated carbocycles. The zero-order chi connectivity index (χ0) is 14.8. The molecule has 6 nitrogen and oxygen atoms in total. The van der Waals surface area contributed by atoms with E-state index in [0.29, 0.717) is 11.6 Å². The molecule has 0 aliphatic rings. The Hall–Kier alpha value is -2.73. The fourth-order valence-corrected chi connectivity index (χ4v) is 2.20. The molecular formula is C15H16N6. The third-order valence-electron chi connectivity index (χ3n) is 3.29. The summed E-state index contributed by atoms with van der Waals surface area (Å²) in [7, 11) is 1.86. The summed E-state index contributed by atoms with van der Waals surface area (Å²) in [6.07, 6.45) is 3.61. The Balaban J connectivity index is 2.20. The number of aromatic nitrogens is 4. The van der Waals surface area contributed by atoms with Crippen LogP contribution in [-0.4, -0.2) is 19.7 Å². The molecule has 0 spiro atoms. The Morgan fingerprint density at radius 3 is 2.48 bits per heavy atom. The summed E-state index contributed by atoms with van der Waals surface area (Å²) in [5.41, 5.74) is 6.30. The van der Waals surface area contributed by atoms with Crippen molar-refractivity contribution in [3.63, 3.8) is 0 Å². The van der Waals surface area contributed by atoms with Crippen molar-refractivity contribution in [3.8, 4) is 22.6 Å². The minimum Gasteiger partial charge on any atom is -0.308 e. The van der Waals surface area contributed by atoms with Crippen molar-refractivity contribution in [2.75, 3.05) is 5.43 Å². The van der Waals surface area contributed by atoms with Crippen molar-refractivity contribution < 1.29 is 0 Å².